The van der Waals surface area contributed by atoms with E-state index in [1.807, 2.05) is 12.2 Å². The Kier molecular flexibility index (Phi) is 1.67. The third-order valence-corrected chi connectivity index (χ3v) is 3.11. The number of nitrogens with one attached hydrogen (secondary N) is 2. The fourth-order valence-corrected chi connectivity index (χ4v) is 2.48. The maximum absolute atomic E-state index is 11.5. The molecule has 2 fully saturated rings. The monoisotopic (exact) mass is 196 g/mol. The average molecular weight is 196 g/mol. The summed E-state index contributed by atoms with van der Waals surface area (Å²) in [6, 6.07) is 0.0159. The first kappa shape index (κ1) is 8.40. The van der Waals surface area contributed by atoms with Gasteiger partial charge in [0.05, 0.1) is 18.1 Å². The molecule has 0 aliphatic carbocycles. The zero-order valence-electron chi connectivity index (χ0n) is 7.51. The maximum atomic E-state index is 11.5. The Labute approximate surface area is 81.1 Å². The molecule has 14 heavy (non-hydrogen) atoms. The average Bonchev–Trinajstić information content (AvgIpc) is 2.66. The minimum absolute atomic E-state index is 0.0159. The smallest absolute Gasteiger partial charge is 0.229 e. The van der Waals surface area contributed by atoms with Gasteiger partial charge in [0, 0.05) is 6.54 Å². The number of fused-ring (bicyclic) bond motifs is 3. The van der Waals surface area contributed by atoms with Crippen LogP contribution in [0.3, 0.4) is 0 Å². The van der Waals surface area contributed by atoms with E-state index in [4.69, 9.17) is 4.74 Å². The number of aliphatic hydroxyl groups is 1. The second kappa shape index (κ2) is 2.79. The van der Waals surface area contributed by atoms with Crippen molar-refractivity contribution in [1.82, 2.24) is 10.6 Å². The summed E-state index contributed by atoms with van der Waals surface area (Å²) in [5, 5.41) is 15.2. The van der Waals surface area contributed by atoms with E-state index in [0.29, 0.717) is 0 Å². The van der Waals surface area contributed by atoms with Crippen molar-refractivity contribution in [3.05, 3.63) is 12.2 Å². The molecule has 3 aliphatic rings. The minimum atomic E-state index is -0.853. The molecule has 0 saturated carbocycles. The summed E-state index contributed by atoms with van der Waals surface area (Å²) in [4.78, 5) is 11.5. The van der Waals surface area contributed by atoms with Crippen molar-refractivity contribution in [2.75, 3.05) is 6.54 Å². The van der Waals surface area contributed by atoms with Crippen molar-refractivity contribution in [3.63, 3.8) is 0 Å². The first-order valence-electron chi connectivity index (χ1n) is 4.81. The van der Waals surface area contributed by atoms with Gasteiger partial charge in [-0.3, -0.25) is 4.79 Å². The quantitative estimate of drug-likeness (QED) is 0.406. The molecule has 3 N–H and O–H groups in total. The number of aliphatic hydroxyl groups excluding tert-OH is 1. The van der Waals surface area contributed by atoms with Gasteiger partial charge in [0.1, 0.15) is 6.10 Å². The molecule has 5 heteroatoms. The second-order valence-corrected chi connectivity index (χ2v) is 3.91. The third-order valence-electron chi connectivity index (χ3n) is 3.11. The van der Waals surface area contributed by atoms with E-state index in [9.17, 15) is 9.90 Å². The van der Waals surface area contributed by atoms with Crippen molar-refractivity contribution in [1.29, 1.82) is 0 Å². The van der Waals surface area contributed by atoms with Gasteiger partial charge in [-0.2, -0.15) is 0 Å². The van der Waals surface area contributed by atoms with Crippen LogP contribution in [0.1, 0.15) is 0 Å². The van der Waals surface area contributed by atoms with Crippen molar-refractivity contribution >= 4 is 5.91 Å². The molecule has 76 valence electrons. The van der Waals surface area contributed by atoms with Crippen LogP contribution >= 0.6 is 0 Å². The van der Waals surface area contributed by atoms with Gasteiger partial charge in [-0.15, -0.1) is 0 Å². The van der Waals surface area contributed by atoms with Gasteiger partial charge < -0.3 is 20.5 Å². The standard InChI is InChI=1S/C9H12N2O3/c12-8-5-6-4(2-1-3-10-6)14-7(5)9(13)11-8/h1-2,4-7,9-10,13H,3H2,(H,11,12). The van der Waals surface area contributed by atoms with Gasteiger partial charge in [-0.25, -0.2) is 0 Å². The Morgan fingerprint density at radius 2 is 2.43 bits per heavy atom. The van der Waals surface area contributed by atoms with Gasteiger partial charge in [0.25, 0.3) is 0 Å². The first-order valence-corrected chi connectivity index (χ1v) is 4.81. The highest BCUT2D eigenvalue weighted by Gasteiger charge is 2.55. The van der Waals surface area contributed by atoms with E-state index in [1.165, 1.54) is 0 Å². The number of carbonyl (C=O) groups is 1. The summed E-state index contributed by atoms with van der Waals surface area (Å²) in [6.45, 7) is 0.761. The second-order valence-electron chi connectivity index (χ2n) is 3.91. The van der Waals surface area contributed by atoms with Crippen LogP contribution in [0.25, 0.3) is 0 Å². The van der Waals surface area contributed by atoms with Gasteiger partial charge in [-0.1, -0.05) is 12.2 Å². The Hall–Kier alpha value is -0.910. The van der Waals surface area contributed by atoms with Crippen LogP contribution in [0.5, 0.6) is 0 Å². The summed E-state index contributed by atoms with van der Waals surface area (Å²) in [7, 11) is 0. The fraction of sp³-hybridized carbons (Fsp3) is 0.667. The Morgan fingerprint density at radius 3 is 3.29 bits per heavy atom. The largest absolute Gasteiger partial charge is 0.371 e. The molecular weight excluding hydrogens is 184 g/mol. The number of amides is 1. The third kappa shape index (κ3) is 0.972. The predicted octanol–water partition coefficient (Wildman–Crippen LogP) is -1.65. The lowest BCUT2D eigenvalue weighted by atomic mass is 9.93. The van der Waals surface area contributed by atoms with Crippen LogP contribution in [-0.4, -0.2) is 42.0 Å². The lowest BCUT2D eigenvalue weighted by molar-refractivity contribution is -0.123. The fourth-order valence-electron chi connectivity index (χ4n) is 2.48. The molecule has 5 atom stereocenters. The zero-order chi connectivity index (χ0) is 9.71. The number of rotatable bonds is 0. The van der Waals surface area contributed by atoms with E-state index >= 15 is 0 Å². The Balaban J connectivity index is 1.92. The molecule has 3 rings (SSSR count). The molecular formula is C9H12N2O3. The van der Waals surface area contributed by atoms with Crippen molar-refractivity contribution in [2.45, 2.75) is 24.5 Å². The van der Waals surface area contributed by atoms with Crippen molar-refractivity contribution in [2.24, 2.45) is 5.92 Å². The van der Waals surface area contributed by atoms with Crippen LogP contribution in [-0.2, 0) is 9.53 Å². The van der Waals surface area contributed by atoms with E-state index in [1.54, 1.807) is 0 Å². The number of ether oxygens (including phenoxy) is 1. The summed E-state index contributed by atoms with van der Waals surface area (Å²) in [6.07, 6.45) is 2.62. The van der Waals surface area contributed by atoms with E-state index in [-0.39, 0.29) is 24.0 Å². The van der Waals surface area contributed by atoms with E-state index in [2.05, 4.69) is 10.6 Å². The van der Waals surface area contributed by atoms with Gasteiger partial charge in [-0.05, 0) is 0 Å². The molecule has 1 amide bonds. The van der Waals surface area contributed by atoms with Crippen LogP contribution in [0.4, 0.5) is 0 Å². The van der Waals surface area contributed by atoms with Crippen LogP contribution < -0.4 is 10.6 Å². The number of hydrogen-bond acceptors (Lipinski definition) is 4. The lowest BCUT2D eigenvalue weighted by Gasteiger charge is -2.23. The van der Waals surface area contributed by atoms with Crippen LogP contribution in [0.2, 0.25) is 0 Å². The molecule has 5 unspecified atom stereocenters. The van der Waals surface area contributed by atoms with Gasteiger partial charge >= 0.3 is 0 Å². The van der Waals surface area contributed by atoms with Crippen LogP contribution in [0, 0.1) is 5.92 Å². The molecule has 3 aliphatic heterocycles. The molecule has 0 bridgehead atoms. The van der Waals surface area contributed by atoms with Gasteiger partial charge in [0.15, 0.2) is 6.23 Å². The molecule has 5 nitrogen and oxygen atoms in total. The number of hydrogen-bond donors (Lipinski definition) is 3. The Bertz CT molecular complexity index is 304. The molecule has 0 aromatic heterocycles. The SMILES string of the molecule is O=C1NC(O)C2OC3C=CCNC3C12. The summed E-state index contributed by atoms with van der Waals surface area (Å²) in [5.74, 6) is -0.363. The van der Waals surface area contributed by atoms with Crippen molar-refractivity contribution < 1.29 is 14.6 Å². The summed E-state index contributed by atoms with van der Waals surface area (Å²) in [5.41, 5.74) is 0. The molecule has 3 heterocycles. The summed E-state index contributed by atoms with van der Waals surface area (Å²) < 4.78 is 5.59. The Morgan fingerprint density at radius 1 is 1.57 bits per heavy atom. The molecule has 0 aromatic rings. The van der Waals surface area contributed by atoms with Crippen LogP contribution in [0.15, 0.2) is 12.2 Å². The van der Waals surface area contributed by atoms with E-state index < -0.39 is 12.3 Å². The molecule has 0 radical (unpaired) electrons. The zero-order valence-corrected chi connectivity index (χ0v) is 7.51. The minimum Gasteiger partial charge on any atom is -0.371 e. The lowest BCUT2D eigenvalue weighted by Crippen LogP contribution is -2.46. The summed E-state index contributed by atoms with van der Waals surface area (Å²) >= 11 is 0. The molecule has 2 saturated heterocycles. The normalized spacial score (nSPS) is 50.1. The van der Waals surface area contributed by atoms with Crippen molar-refractivity contribution in [3.8, 4) is 0 Å². The topological polar surface area (TPSA) is 70.6 Å². The van der Waals surface area contributed by atoms with Gasteiger partial charge in [0.2, 0.25) is 5.91 Å². The highest BCUT2D eigenvalue weighted by molar-refractivity contribution is 5.83. The highest BCUT2D eigenvalue weighted by Crippen LogP contribution is 2.34. The predicted molar refractivity (Wildman–Crippen MR) is 47.2 cm³/mol. The number of carbonyl (C=O) groups excluding carboxylic acids is 1. The first-order chi connectivity index (χ1) is 6.77. The highest BCUT2D eigenvalue weighted by atomic mass is 16.5. The van der Waals surface area contributed by atoms with E-state index in [0.717, 1.165) is 6.54 Å². The molecule has 0 spiro atoms. The molecule has 0 aromatic carbocycles. The maximum Gasteiger partial charge on any atom is 0.229 e.